The van der Waals surface area contributed by atoms with E-state index in [1.165, 1.54) is 10.4 Å². The second-order valence-corrected chi connectivity index (χ2v) is 5.63. The van der Waals surface area contributed by atoms with Gasteiger partial charge in [-0.1, -0.05) is 18.2 Å². The Kier molecular flexibility index (Phi) is 3.35. The summed E-state index contributed by atoms with van der Waals surface area (Å²) < 4.78 is 5.90. The summed E-state index contributed by atoms with van der Waals surface area (Å²) in [6, 6.07) is 10.1. The standard InChI is InChI=1S/C15H16O2S/c16-14-7-1-6-13-12(14)5-2-8-15(13)17-10-11-4-3-9-18-11/h2-5,8-9,14,16H,1,6-7,10H2. The minimum absolute atomic E-state index is 0.320. The van der Waals surface area contributed by atoms with Gasteiger partial charge in [-0.05, 0) is 47.9 Å². The van der Waals surface area contributed by atoms with Gasteiger partial charge in [-0.25, -0.2) is 0 Å². The molecule has 1 aliphatic carbocycles. The molecule has 0 radical (unpaired) electrons. The minimum atomic E-state index is -0.320. The molecule has 0 aliphatic heterocycles. The molecule has 0 bridgehead atoms. The number of aliphatic hydroxyl groups is 1. The van der Waals surface area contributed by atoms with Gasteiger partial charge in [-0.2, -0.15) is 0 Å². The monoisotopic (exact) mass is 260 g/mol. The summed E-state index contributed by atoms with van der Waals surface area (Å²) in [5.74, 6) is 0.930. The Morgan fingerprint density at radius 3 is 3.06 bits per heavy atom. The largest absolute Gasteiger partial charge is 0.488 e. The fourth-order valence-corrected chi connectivity index (χ4v) is 3.08. The van der Waals surface area contributed by atoms with Crippen LogP contribution in [-0.2, 0) is 13.0 Å². The van der Waals surface area contributed by atoms with Crippen molar-refractivity contribution in [3.63, 3.8) is 0 Å². The fourth-order valence-electron chi connectivity index (χ4n) is 2.47. The Balaban J connectivity index is 1.82. The van der Waals surface area contributed by atoms with E-state index >= 15 is 0 Å². The highest BCUT2D eigenvalue weighted by Crippen LogP contribution is 2.35. The molecule has 1 N–H and O–H groups in total. The quantitative estimate of drug-likeness (QED) is 0.912. The number of fused-ring (bicyclic) bond motifs is 1. The van der Waals surface area contributed by atoms with Crippen molar-refractivity contribution in [2.75, 3.05) is 0 Å². The van der Waals surface area contributed by atoms with E-state index in [1.807, 2.05) is 24.3 Å². The topological polar surface area (TPSA) is 29.5 Å². The molecule has 3 rings (SSSR count). The number of rotatable bonds is 3. The van der Waals surface area contributed by atoms with E-state index in [2.05, 4.69) is 11.4 Å². The first kappa shape index (κ1) is 11.8. The van der Waals surface area contributed by atoms with Gasteiger partial charge in [0.2, 0.25) is 0 Å². The van der Waals surface area contributed by atoms with Crippen molar-refractivity contribution >= 4 is 11.3 Å². The highest BCUT2D eigenvalue weighted by atomic mass is 32.1. The van der Waals surface area contributed by atoms with Gasteiger partial charge >= 0.3 is 0 Å². The lowest BCUT2D eigenvalue weighted by atomic mass is 9.89. The van der Waals surface area contributed by atoms with Gasteiger partial charge in [0.15, 0.2) is 0 Å². The van der Waals surface area contributed by atoms with Crippen molar-refractivity contribution in [3.8, 4) is 5.75 Å². The first-order valence-corrected chi connectivity index (χ1v) is 7.17. The second-order valence-electron chi connectivity index (χ2n) is 4.60. The molecule has 1 aliphatic rings. The number of benzene rings is 1. The van der Waals surface area contributed by atoms with E-state index in [0.29, 0.717) is 6.61 Å². The zero-order chi connectivity index (χ0) is 12.4. The number of hydrogen-bond donors (Lipinski definition) is 1. The molecular formula is C15H16O2S. The molecule has 0 amide bonds. The van der Waals surface area contributed by atoms with Crippen LogP contribution in [0.3, 0.4) is 0 Å². The van der Waals surface area contributed by atoms with Crippen molar-refractivity contribution in [1.82, 2.24) is 0 Å². The van der Waals surface area contributed by atoms with Gasteiger partial charge in [0.05, 0.1) is 6.10 Å². The van der Waals surface area contributed by atoms with Gasteiger partial charge in [0, 0.05) is 4.88 Å². The number of aliphatic hydroxyl groups excluding tert-OH is 1. The molecule has 94 valence electrons. The van der Waals surface area contributed by atoms with Crippen molar-refractivity contribution < 1.29 is 9.84 Å². The smallest absolute Gasteiger partial charge is 0.123 e. The normalized spacial score (nSPS) is 18.4. The molecular weight excluding hydrogens is 244 g/mol. The fraction of sp³-hybridized carbons (Fsp3) is 0.333. The molecule has 1 heterocycles. The van der Waals surface area contributed by atoms with E-state index in [9.17, 15) is 5.11 Å². The van der Waals surface area contributed by atoms with Gasteiger partial charge in [-0.3, -0.25) is 0 Å². The molecule has 3 heteroatoms. The molecule has 0 fully saturated rings. The Labute approximate surface area is 111 Å². The van der Waals surface area contributed by atoms with Crippen LogP contribution in [0.5, 0.6) is 5.75 Å². The van der Waals surface area contributed by atoms with Crippen LogP contribution in [-0.4, -0.2) is 5.11 Å². The third-order valence-electron chi connectivity index (χ3n) is 3.38. The van der Waals surface area contributed by atoms with Crippen LogP contribution in [0, 0.1) is 0 Å². The van der Waals surface area contributed by atoms with Crippen molar-refractivity contribution in [2.45, 2.75) is 32.0 Å². The molecule has 1 aromatic heterocycles. The summed E-state index contributed by atoms with van der Waals surface area (Å²) in [6.07, 6.45) is 2.58. The number of hydrogen-bond acceptors (Lipinski definition) is 3. The van der Waals surface area contributed by atoms with E-state index in [1.54, 1.807) is 11.3 Å². The summed E-state index contributed by atoms with van der Waals surface area (Å²) in [5, 5.41) is 12.0. The second kappa shape index (κ2) is 5.12. The van der Waals surface area contributed by atoms with Crippen molar-refractivity contribution in [2.24, 2.45) is 0 Å². The maximum Gasteiger partial charge on any atom is 0.123 e. The lowest BCUT2D eigenvalue weighted by Gasteiger charge is -2.23. The SMILES string of the molecule is OC1CCCc2c(OCc3cccs3)cccc21. The van der Waals surface area contributed by atoms with Gasteiger partial charge in [-0.15, -0.1) is 11.3 Å². The highest BCUT2D eigenvalue weighted by Gasteiger charge is 2.20. The van der Waals surface area contributed by atoms with Gasteiger partial charge in [0.1, 0.15) is 12.4 Å². The van der Waals surface area contributed by atoms with Crippen molar-refractivity contribution in [3.05, 3.63) is 51.7 Å². The van der Waals surface area contributed by atoms with Gasteiger partial charge in [0.25, 0.3) is 0 Å². The van der Waals surface area contributed by atoms with Crippen LogP contribution in [0.1, 0.15) is 34.9 Å². The Morgan fingerprint density at radius 1 is 1.28 bits per heavy atom. The lowest BCUT2D eigenvalue weighted by molar-refractivity contribution is 0.155. The summed E-state index contributed by atoms with van der Waals surface area (Å²) >= 11 is 1.71. The van der Waals surface area contributed by atoms with Crippen LogP contribution >= 0.6 is 11.3 Å². The summed E-state index contributed by atoms with van der Waals surface area (Å²) in [5.41, 5.74) is 2.23. The predicted molar refractivity (Wildman–Crippen MR) is 73.0 cm³/mol. The third kappa shape index (κ3) is 2.28. The summed E-state index contributed by atoms with van der Waals surface area (Å²) in [4.78, 5) is 1.23. The van der Waals surface area contributed by atoms with Crippen LogP contribution < -0.4 is 4.74 Å². The van der Waals surface area contributed by atoms with Crippen LogP contribution in [0.4, 0.5) is 0 Å². The molecule has 1 unspecified atom stereocenters. The zero-order valence-corrected chi connectivity index (χ0v) is 11.0. The molecule has 2 aromatic rings. The van der Waals surface area contributed by atoms with Gasteiger partial charge < -0.3 is 9.84 Å². The summed E-state index contributed by atoms with van der Waals surface area (Å²) in [6.45, 7) is 0.615. The van der Waals surface area contributed by atoms with Crippen LogP contribution in [0.25, 0.3) is 0 Å². The Bertz CT molecular complexity index is 519. The van der Waals surface area contributed by atoms with Crippen LogP contribution in [0.2, 0.25) is 0 Å². The first-order valence-electron chi connectivity index (χ1n) is 6.29. The molecule has 1 atom stereocenters. The van der Waals surface area contributed by atoms with Crippen LogP contribution in [0.15, 0.2) is 35.7 Å². The molecule has 0 saturated carbocycles. The summed E-state index contributed by atoms with van der Waals surface area (Å²) in [7, 11) is 0. The third-order valence-corrected chi connectivity index (χ3v) is 4.23. The highest BCUT2D eigenvalue weighted by molar-refractivity contribution is 7.09. The number of ether oxygens (including phenoxy) is 1. The zero-order valence-electron chi connectivity index (χ0n) is 10.1. The Hall–Kier alpha value is -1.32. The predicted octanol–water partition coefficient (Wildman–Crippen LogP) is 3.70. The van der Waals surface area contributed by atoms with E-state index in [4.69, 9.17) is 4.74 Å². The average molecular weight is 260 g/mol. The average Bonchev–Trinajstić information content (AvgIpc) is 2.90. The Morgan fingerprint density at radius 2 is 2.22 bits per heavy atom. The molecule has 0 spiro atoms. The van der Waals surface area contributed by atoms with Crippen molar-refractivity contribution in [1.29, 1.82) is 0 Å². The first-order chi connectivity index (χ1) is 8.84. The molecule has 18 heavy (non-hydrogen) atoms. The van der Waals surface area contributed by atoms with E-state index in [0.717, 1.165) is 30.6 Å². The minimum Gasteiger partial charge on any atom is -0.488 e. The maximum absolute atomic E-state index is 9.98. The molecule has 1 aromatic carbocycles. The lowest BCUT2D eigenvalue weighted by Crippen LogP contribution is -2.10. The van der Waals surface area contributed by atoms with E-state index in [-0.39, 0.29) is 6.10 Å². The molecule has 2 nitrogen and oxygen atoms in total. The molecule has 0 saturated heterocycles. The number of thiophene rings is 1. The van der Waals surface area contributed by atoms with E-state index < -0.39 is 0 Å². The maximum atomic E-state index is 9.98.